The Hall–Kier alpha value is -1.11. The van der Waals surface area contributed by atoms with Crippen LogP contribution in [0.25, 0.3) is 0 Å². The van der Waals surface area contributed by atoms with Crippen molar-refractivity contribution in [2.24, 2.45) is 10.3 Å². The molecule has 0 bridgehead atoms. The Morgan fingerprint density at radius 3 is 2.25 bits per heavy atom. The highest BCUT2D eigenvalue weighted by molar-refractivity contribution is 7.95. The van der Waals surface area contributed by atoms with Gasteiger partial charge in [-0.3, -0.25) is 4.79 Å². The molecule has 1 heterocycles. The molecule has 0 aromatic heterocycles. The predicted octanol–water partition coefficient (Wildman–Crippen LogP) is 1.10. The van der Waals surface area contributed by atoms with E-state index in [-0.39, 0.29) is 11.5 Å². The Morgan fingerprint density at radius 1 is 1.38 bits per heavy atom. The largest absolute Gasteiger partial charge is 0.481 e. The lowest BCUT2D eigenvalue weighted by Gasteiger charge is -2.26. The average molecular weight is 249 g/mol. The number of amides is 1. The number of hydrogen-bond acceptors (Lipinski definition) is 4. The Kier molecular flexibility index (Phi) is 3.27. The molecule has 1 amide bonds. The maximum atomic E-state index is 11.7. The summed E-state index contributed by atoms with van der Waals surface area (Å²) in [6.07, 6.45) is -0.888. The van der Waals surface area contributed by atoms with E-state index in [0.29, 0.717) is 0 Å². The van der Waals surface area contributed by atoms with Gasteiger partial charge < -0.3 is 9.84 Å². The van der Waals surface area contributed by atoms with Crippen molar-refractivity contribution < 1.29 is 23.6 Å². The van der Waals surface area contributed by atoms with Gasteiger partial charge in [0.05, 0.1) is 15.6 Å². The lowest BCUT2D eigenvalue weighted by atomic mass is 10.2. The number of hydrogen-bond donors (Lipinski definition) is 1. The maximum Gasteiger partial charge on any atom is 0.442 e. The normalized spacial score (nSPS) is 29.1. The molecular formula is C9H15NO5S. The summed E-state index contributed by atoms with van der Waals surface area (Å²) in [7, 11) is -2.69. The summed E-state index contributed by atoms with van der Waals surface area (Å²) in [5.74, 6) is -1.79. The third-order valence-electron chi connectivity index (χ3n) is 1.91. The van der Waals surface area contributed by atoms with Crippen LogP contribution in [-0.4, -0.2) is 38.5 Å². The van der Waals surface area contributed by atoms with Crippen molar-refractivity contribution in [1.82, 2.24) is 0 Å². The van der Waals surface area contributed by atoms with Crippen LogP contribution in [0.3, 0.4) is 0 Å². The van der Waals surface area contributed by atoms with Crippen LogP contribution in [-0.2, 0) is 19.3 Å². The van der Waals surface area contributed by atoms with Gasteiger partial charge in [-0.2, -0.15) is 0 Å². The molecule has 0 saturated carbocycles. The van der Waals surface area contributed by atoms with E-state index in [9.17, 15) is 13.8 Å². The van der Waals surface area contributed by atoms with Gasteiger partial charge in [-0.25, -0.2) is 9.00 Å². The van der Waals surface area contributed by atoms with Gasteiger partial charge in [-0.05, 0) is 20.8 Å². The van der Waals surface area contributed by atoms with Crippen LogP contribution in [0.5, 0.6) is 0 Å². The molecule has 1 fully saturated rings. The van der Waals surface area contributed by atoms with Crippen molar-refractivity contribution in [2.45, 2.75) is 26.4 Å². The van der Waals surface area contributed by atoms with E-state index >= 15 is 0 Å². The van der Waals surface area contributed by atoms with Crippen molar-refractivity contribution in [2.75, 3.05) is 11.5 Å². The molecule has 0 aromatic rings. The molecule has 92 valence electrons. The SMILES string of the molecule is CC(C)(C)OC(=O)N=S1(=O)CC(C(=O)O)C1. The Balaban J connectivity index is 2.63. The van der Waals surface area contributed by atoms with Gasteiger partial charge >= 0.3 is 12.1 Å². The average Bonchev–Trinajstić information content (AvgIpc) is 1.94. The highest BCUT2D eigenvalue weighted by Crippen LogP contribution is 2.22. The first-order valence-corrected chi connectivity index (χ1v) is 6.65. The zero-order valence-corrected chi connectivity index (χ0v) is 10.2. The van der Waals surface area contributed by atoms with Gasteiger partial charge in [-0.15, -0.1) is 4.36 Å². The van der Waals surface area contributed by atoms with Crippen LogP contribution in [0, 0.1) is 5.92 Å². The van der Waals surface area contributed by atoms with Crippen LogP contribution < -0.4 is 0 Å². The molecule has 0 spiro atoms. The van der Waals surface area contributed by atoms with E-state index in [1.807, 2.05) is 0 Å². The molecule has 1 N–H and O–H groups in total. The Bertz CT molecular complexity index is 416. The fourth-order valence-electron chi connectivity index (χ4n) is 1.21. The Labute approximate surface area is 94.2 Å². The molecule has 1 saturated heterocycles. The van der Waals surface area contributed by atoms with Gasteiger partial charge in [0.2, 0.25) is 0 Å². The number of carboxylic acids is 1. The summed E-state index contributed by atoms with van der Waals surface area (Å²) in [6.45, 7) is 5.02. The molecule has 6 nitrogen and oxygen atoms in total. The second-order valence-corrected chi connectivity index (χ2v) is 7.11. The van der Waals surface area contributed by atoms with E-state index in [1.54, 1.807) is 20.8 Å². The molecular weight excluding hydrogens is 234 g/mol. The molecule has 0 aliphatic carbocycles. The lowest BCUT2D eigenvalue weighted by molar-refractivity contribution is -0.140. The number of rotatable bonds is 1. The standard InChI is InChI=1S/C9H15NO5S/c1-9(2,3)15-8(13)10-16(14)4-6(5-16)7(11)12/h6H,4-5H2,1-3H3,(H,11,12). The third-order valence-corrected chi connectivity index (χ3v) is 4.24. The number of carbonyl (C=O) groups excluding carboxylic acids is 1. The molecule has 1 rings (SSSR count). The second-order valence-electron chi connectivity index (χ2n) is 4.71. The third kappa shape index (κ3) is 3.48. The number of ether oxygens (including phenoxy) is 1. The molecule has 0 atom stereocenters. The van der Waals surface area contributed by atoms with Gasteiger partial charge in [-0.1, -0.05) is 0 Å². The zero-order chi connectivity index (χ0) is 12.6. The van der Waals surface area contributed by atoms with E-state index in [2.05, 4.69) is 4.36 Å². The predicted molar refractivity (Wildman–Crippen MR) is 57.7 cm³/mol. The van der Waals surface area contributed by atoms with Gasteiger partial charge in [0.15, 0.2) is 0 Å². The van der Waals surface area contributed by atoms with E-state index in [4.69, 9.17) is 9.84 Å². The van der Waals surface area contributed by atoms with Crippen molar-refractivity contribution >= 4 is 21.8 Å². The molecule has 0 aromatic carbocycles. The van der Waals surface area contributed by atoms with E-state index in [0.717, 1.165) is 0 Å². The summed E-state index contributed by atoms with van der Waals surface area (Å²) in [5, 5.41) is 8.60. The van der Waals surface area contributed by atoms with Crippen LogP contribution >= 0.6 is 0 Å². The van der Waals surface area contributed by atoms with Crippen molar-refractivity contribution in [3.05, 3.63) is 0 Å². The van der Waals surface area contributed by atoms with Gasteiger partial charge in [0, 0.05) is 11.5 Å². The maximum absolute atomic E-state index is 11.7. The quantitative estimate of drug-likeness (QED) is 0.751. The molecule has 7 heteroatoms. The zero-order valence-electron chi connectivity index (χ0n) is 9.43. The molecule has 1 aliphatic heterocycles. The first kappa shape index (κ1) is 13.0. The minimum Gasteiger partial charge on any atom is -0.481 e. The number of carbonyl (C=O) groups is 2. The lowest BCUT2D eigenvalue weighted by Crippen LogP contribution is -2.42. The highest BCUT2D eigenvalue weighted by Gasteiger charge is 2.38. The first-order chi connectivity index (χ1) is 7.11. The molecule has 16 heavy (non-hydrogen) atoms. The van der Waals surface area contributed by atoms with Gasteiger partial charge in [0.25, 0.3) is 0 Å². The Morgan fingerprint density at radius 2 is 1.88 bits per heavy atom. The fourth-order valence-corrected chi connectivity index (χ4v) is 3.12. The minimum atomic E-state index is -2.69. The summed E-state index contributed by atoms with van der Waals surface area (Å²) in [5.41, 5.74) is -0.688. The summed E-state index contributed by atoms with van der Waals surface area (Å²) in [4.78, 5) is 21.7. The monoisotopic (exact) mass is 249 g/mol. The number of aliphatic carboxylic acids is 1. The molecule has 0 radical (unpaired) electrons. The van der Waals surface area contributed by atoms with Crippen molar-refractivity contribution in [3.8, 4) is 0 Å². The van der Waals surface area contributed by atoms with Crippen LogP contribution in [0.15, 0.2) is 4.36 Å². The molecule has 0 unspecified atom stereocenters. The fraction of sp³-hybridized carbons (Fsp3) is 0.778. The van der Waals surface area contributed by atoms with Crippen LogP contribution in [0.1, 0.15) is 20.8 Å². The summed E-state index contributed by atoms with van der Waals surface area (Å²) >= 11 is 0. The smallest absolute Gasteiger partial charge is 0.442 e. The highest BCUT2D eigenvalue weighted by atomic mass is 32.2. The number of nitrogens with zero attached hydrogens (tertiary/aromatic N) is 1. The number of carboxylic acid groups (broad SMARTS) is 1. The van der Waals surface area contributed by atoms with Crippen LogP contribution in [0.4, 0.5) is 4.79 Å². The van der Waals surface area contributed by atoms with E-state index < -0.39 is 33.3 Å². The van der Waals surface area contributed by atoms with Crippen molar-refractivity contribution in [1.29, 1.82) is 0 Å². The summed E-state index contributed by atoms with van der Waals surface area (Å²) in [6, 6.07) is 0. The minimum absolute atomic E-state index is 0.0679. The first-order valence-electron chi connectivity index (χ1n) is 4.80. The topological polar surface area (TPSA) is 93.0 Å². The van der Waals surface area contributed by atoms with Gasteiger partial charge in [0.1, 0.15) is 5.60 Å². The summed E-state index contributed by atoms with van der Waals surface area (Å²) < 4.78 is 20.0. The second kappa shape index (κ2) is 4.04. The molecule has 1 aliphatic rings. The van der Waals surface area contributed by atoms with E-state index in [1.165, 1.54) is 0 Å². The van der Waals surface area contributed by atoms with Crippen LogP contribution in [0.2, 0.25) is 0 Å². The van der Waals surface area contributed by atoms with Crippen molar-refractivity contribution in [3.63, 3.8) is 0 Å².